The van der Waals surface area contributed by atoms with E-state index in [0.717, 1.165) is 0 Å². The first-order chi connectivity index (χ1) is 6.56. The summed E-state index contributed by atoms with van der Waals surface area (Å²) in [4.78, 5) is 0. The van der Waals surface area contributed by atoms with Crippen LogP contribution in [0.4, 0.5) is 0 Å². The summed E-state index contributed by atoms with van der Waals surface area (Å²) < 4.78 is 5.56. The standard InChI is InChI=1S/C12H14O2/c1-4-11(13)12(2,3)14-10-8-6-5-7-9-10/h1,5-9,11,13H,2-3H3/t11-/m1/s1. The molecule has 1 atom stereocenters. The van der Waals surface area contributed by atoms with Gasteiger partial charge in [0.15, 0.2) is 6.10 Å². The molecule has 74 valence electrons. The second-order valence-corrected chi connectivity index (χ2v) is 3.59. The third kappa shape index (κ3) is 2.51. The van der Waals surface area contributed by atoms with Crippen molar-refractivity contribution in [2.75, 3.05) is 0 Å². The largest absolute Gasteiger partial charge is 0.484 e. The molecule has 2 heteroatoms. The molecule has 0 aliphatic heterocycles. The second-order valence-electron chi connectivity index (χ2n) is 3.59. The average molecular weight is 190 g/mol. The predicted octanol–water partition coefficient (Wildman–Crippen LogP) is 1.84. The number of aliphatic hydroxyl groups excluding tert-OH is 1. The van der Waals surface area contributed by atoms with Crippen LogP contribution in [0, 0.1) is 12.3 Å². The molecule has 0 aliphatic carbocycles. The number of rotatable bonds is 3. The third-order valence-electron chi connectivity index (χ3n) is 1.94. The number of aliphatic hydroxyl groups is 1. The van der Waals surface area contributed by atoms with E-state index in [1.807, 2.05) is 30.3 Å². The summed E-state index contributed by atoms with van der Waals surface area (Å²) >= 11 is 0. The fraction of sp³-hybridized carbons (Fsp3) is 0.333. The van der Waals surface area contributed by atoms with Gasteiger partial charge in [0, 0.05) is 0 Å². The molecular formula is C12H14O2. The number of hydrogen-bond acceptors (Lipinski definition) is 2. The lowest BCUT2D eigenvalue weighted by atomic mass is 10.0. The van der Waals surface area contributed by atoms with Gasteiger partial charge in [0.2, 0.25) is 0 Å². The molecule has 0 amide bonds. The van der Waals surface area contributed by atoms with Crippen molar-refractivity contribution >= 4 is 0 Å². The molecule has 0 saturated heterocycles. The minimum atomic E-state index is -0.914. The fourth-order valence-corrected chi connectivity index (χ4v) is 1.05. The smallest absolute Gasteiger partial charge is 0.153 e. The van der Waals surface area contributed by atoms with Crippen LogP contribution in [0.15, 0.2) is 30.3 Å². The molecule has 0 spiro atoms. The van der Waals surface area contributed by atoms with Crippen molar-refractivity contribution in [1.82, 2.24) is 0 Å². The SMILES string of the molecule is C#C[C@@H](O)C(C)(C)Oc1ccccc1. The highest BCUT2D eigenvalue weighted by molar-refractivity contribution is 5.22. The molecule has 0 bridgehead atoms. The Morgan fingerprint density at radius 1 is 1.36 bits per heavy atom. The highest BCUT2D eigenvalue weighted by Gasteiger charge is 2.28. The maximum absolute atomic E-state index is 9.49. The molecule has 0 radical (unpaired) electrons. The molecule has 1 aromatic carbocycles. The summed E-state index contributed by atoms with van der Waals surface area (Å²) in [5.41, 5.74) is -0.768. The van der Waals surface area contributed by atoms with Crippen molar-refractivity contribution in [3.8, 4) is 18.1 Å². The van der Waals surface area contributed by atoms with Crippen LogP contribution in [0.2, 0.25) is 0 Å². The lowest BCUT2D eigenvalue weighted by Gasteiger charge is -2.28. The van der Waals surface area contributed by atoms with Crippen LogP contribution < -0.4 is 4.74 Å². The zero-order valence-corrected chi connectivity index (χ0v) is 8.40. The number of ether oxygens (including phenoxy) is 1. The minimum Gasteiger partial charge on any atom is -0.484 e. The maximum atomic E-state index is 9.49. The third-order valence-corrected chi connectivity index (χ3v) is 1.94. The monoisotopic (exact) mass is 190 g/mol. The van der Waals surface area contributed by atoms with Crippen molar-refractivity contribution < 1.29 is 9.84 Å². The molecule has 1 N–H and O–H groups in total. The van der Waals surface area contributed by atoms with Gasteiger partial charge >= 0.3 is 0 Å². The Morgan fingerprint density at radius 3 is 2.43 bits per heavy atom. The summed E-state index contributed by atoms with van der Waals surface area (Å²) in [6.45, 7) is 3.51. The van der Waals surface area contributed by atoms with E-state index in [1.165, 1.54) is 0 Å². The summed E-state index contributed by atoms with van der Waals surface area (Å²) in [7, 11) is 0. The number of hydrogen-bond donors (Lipinski definition) is 1. The number of terminal acetylenes is 1. The minimum absolute atomic E-state index is 0.701. The Kier molecular flexibility index (Phi) is 3.16. The molecule has 1 aromatic rings. The van der Waals surface area contributed by atoms with Crippen LogP contribution in [0.5, 0.6) is 5.75 Å². The normalized spacial score (nSPS) is 13.0. The summed E-state index contributed by atoms with van der Waals surface area (Å²) in [6.07, 6.45) is 4.22. The number of para-hydroxylation sites is 1. The zero-order chi connectivity index (χ0) is 10.6. The molecule has 0 heterocycles. The molecule has 0 unspecified atom stereocenters. The van der Waals surface area contributed by atoms with Crippen LogP contribution in [0.1, 0.15) is 13.8 Å². The topological polar surface area (TPSA) is 29.5 Å². The molecular weight excluding hydrogens is 176 g/mol. The average Bonchev–Trinajstić information content (AvgIpc) is 2.17. The molecule has 0 fully saturated rings. The van der Waals surface area contributed by atoms with Gasteiger partial charge in [-0.3, -0.25) is 0 Å². The van der Waals surface area contributed by atoms with Crippen LogP contribution in [0.25, 0.3) is 0 Å². The van der Waals surface area contributed by atoms with Gasteiger partial charge in [-0.05, 0) is 26.0 Å². The van der Waals surface area contributed by atoms with E-state index < -0.39 is 11.7 Å². The molecule has 0 aliphatic rings. The lowest BCUT2D eigenvalue weighted by molar-refractivity contribution is 0.00349. The van der Waals surface area contributed by atoms with Gasteiger partial charge in [-0.15, -0.1) is 6.42 Å². The molecule has 1 rings (SSSR count). The van der Waals surface area contributed by atoms with E-state index in [9.17, 15) is 5.11 Å². The van der Waals surface area contributed by atoms with E-state index in [2.05, 4.69) is 5.92 Å². The van der Waals surface area contributed by atoms with Gasteiger partial charge in [-0.2, -0.15) is 0 Å². The van der Waals surface area contributed by atoms with Crippen molar-refractivity contribution in [2.45, 2.75) is 25.6 Å². The summed E-state index contributed by atoms with van der Waals surface area (Å²) in [5.74, 6) is 2.96. The molecule has 0 aromatic heterocycles. The molecule has 0 saturated carbocycles. The Balaban J connectivity index is 2.74. The van der Waals surface area contributed by atoms with Gasteiger partial charge in [-0.25, -0.2) is 0 Å². The van der Waals surface area contributed by atoms with Gasteiger partial charge in [0.25, 0.3) is 0 Å². The van der Waals surface area contributed by atoms with E-state index >= 15 is 0 Å². The second kappa shape index (κ2) is 4.17. The highest BCUT2D eigenvalue weighted by Crippen LogP contribution is 2.20. The first-order valence-corrected chi connectivity index (χ1v) is 4.44. The van der Waals surface area contributed by atoms with E-state index in [-0.39, 0.29) is 0 Å². The zero-order valence-electron chi connectivity index (χ0n) is 8.40. The molecule has 14 heavy (non-hydrogen) atoms. The van der Waals surface area contributed by atoms with Gasteiger partial charge in [-0.1, -0.05) is 24.1 Å². The Hall–Kier alpha value is -1.46. The van der Waals surface area contributed by atoms with Crippen LogP contribution in [0.3, 0.4) is 0 Å². The van der Waals surface area contributed by atoms with E-state index in [0.29, 0.717) is 5.75 Å². The van der Waals surface area contributed by atoms with E-state index in [4.69, 9.17) is 11.2 Å². The van der Waals surface area contributed by atoms with Gasteiger partial charge in [0.05, 0.1) is 0 Å². The van der Waals surface area contributed by atoms with Crippen LogP contribution >= 0.6 is 0 Å². The number of benzene rings is 1. The summed E-state index contributed by atoms with van der Waals surface area (Å²) in [5, 5.41) is 9.49. The lowest BCUT2D eigenvalue weighted by Crippen LogP contribution is -2.40. The molecule has 2 nitrogen and oxygen atoms in total. The van der Waals surface area contributed by atoms with Crippen LogP contribution in [-0.4, -0.2) is 16.8 Å². The van der Waals surface area contributed by atoms with Crippen molar-refractivity contribution in [3.05, 3.63) is 30.3 Å². The first-order valence-electron chi connectivity index (χ1n) is 4.44. The highest BCUT2D eigenvalue weighted by atomic mass is 16.5. The first kappa shape index (κ1) is 10.6. The van der Waals surface area contributed by atoms with Gasteiger partial charge in [0.1, 0.15) is 11.4 Å². The van der Waals surface area contributed by atoms with Crippen LogP contribution in [-0.2, 0) is 0 Å². The van der Waals surface area contributed by atoms with Crippen molar-refractivity contribution in [3.63, 3.8) is 0 Å². The quantitative estimate of drug-likeness (QED) is 0.737. The summed E-state index contributed by atoms with van der Waals surface area (Å²) in [6, 6.07) is 9.29. The maximum Gasteiger partial charge on any atom is 0.153 e. The van der Waals surface area contributed by atoms with Gasteiger partial charge < -0.3 is 9.84 Å². The van der Waals surface area contributed by atoms with Crippen molar-refractivity contribution in [2.24, 2.45) is 0 Å². The van der Waals surface area contributed by atoms with Crippen molar-refractivity contribution in [1.29, 1.82) is 0 Å². The Bertz CT molecular complexity index is 322. The fourth-order valence-electron chi connectivity index (χ4n) is 1.05. The Morgan fingerprint density at radius 2 is 1.93 bits per heavy atom. The van der Waals surface area contributed by atoms with E-state index in [1.54, 1.807) is 13.8 Å². The Labute approximate surface area is 84.5 Å². The predicted molar refractivity (Wildman–Crippen MR) is 56.0 cm³/mol.